The van der Waals surface area contributed by atoms with Crippen LogP contribution in [0.2, 0.25) is 0 Å². The molecule has 0 aliphatic carbocycles. The molecule has 2 rings (SSSR count). The summed E-state index contributed by atoms with van der Waals surface area (Å²) in [5.74, 6) is -0.469. The minimum Gasteiger partial charge on any atom is -0.456 e. The second-order valence-corrected chi connectivity index (χ2v) is 7.57. The van der Waals surface area contributed by atoms with E-state index in [9.17, 15) is 9.36 Å². The highest BCUT2D eigenvalue weighted by molar-refractivity contribution is 7.54. The molecule has 2 aromatic rings. The van der Waals surface area contributed by atoms with Gasteiger partial charge < -0.3 is 13.8 Å². The number of carbonyl (C=O) groups is 1. The van der Waals surface area contributed by atoms with Crippen molar-refractivity contribution in [2.24, 2.45) is 0 Å². The molecule has 0 aliphatic rings. The van der Waals surface area contributed by atoms with Crippen molar-refractivity contribution in [1.29, 1.82) is 0 Å². The molecule has 0 N–H and O–H groups in total. The molecule has 0 amide bonds. The van der Waals surface area contributed by atoms with Gasteiger partial charge in [0.2, 0.25) is 0 Å². The third-order valence-electron chi connectivity index (χ3n) is 3.70. The van der Waals surface area contributed by atoms with Crippen molar-refractivity contribution in [2.45, 2.75) is 18.7 Å². The Labute approximate surface area is 142 Å². The Bertz CT molecular complexity index is 694. The lowest BCUT2D eigenvalue weighted by atomic mass is 10.0. The number of esters is 1. The van der Waals surface area contributed by atoms with Crippen LogP contribution in [0.4, 0.5) is 0 Å². The number of rotatable bonds is 7. The summed E-state index contributed by atoms with van der Waals surface area (Å²) >= 11 is 0. The second kappa shape index (κ2) is 8.25. The maximum absolute atomic E-state index is 13.2. The smallest absolute Gasteiger partial charge is 0.341 e. The van der Waals surface area contributed by atoms with Gasteiger partial charge in [-0.05, 0) is 11.1 Å². The first-order valence-corrected chi connectivity index (χ1v) is 9.11. The minimum absolute atomic E-state index is 0.469. The summed E-state index contributed by atoms with van der Waals surface area (Å²) in [7, 11) is -0.909. The summed E-state index contributed by atoms with van der Waals surface area (Å²) in [5, 5.41) is 0. The highest BCUT2D eigenvalue weighted by Crippen LogP contribution is 2.65. The van der Waals surface area contributed by atoms with E-state index in [1.54, 1.807) is 0 Å². The molecule has 0 aliphatic heterocycles. The summed E-state index contributed by atoms with van der Waals surface area (Å²) in [6.45, 7) is 1.32. The van der Waals surface area contributed by atoms with Gasteiger partial charge in [-0.2, -0.15) is 0 Å². The van der Waals surface area contributed by atoms with Crippen LogP contribution in [-0.4, -0.2) is 20.2 Å². The topological polar surface area (TPSA) is 61.8 Å². The van der Waals surface area contributed by atoms with Crippen LogP contribution >= 0.6 is 7.60 Å². The molecule has 6 heteroatoms. The average Bonchev–Trinajstić information content (AvgIpc) is 2.62. The second-order valence-electron chi connectivity index (χ2n) is 5.20. The van der Waals surface area contributed by atoms with Crippen LogP contribution in [0.3, 0.4) is 0 Å². The lowest BCUT2D eigenvalue weighted by molar-refractivity contribution is -0.147. The molecule has 2 unspecified atom stereocenters. The van der Waals surface area contributed by atoms with Crippen molar-refractivity contribution in [3.63, 3.8) is 0 Å². The van der Waals surface area contributed by atoms with E-state index in [2.05, 4.69) is 0 Å². The largest absolute Gasteiger partial charge is 0.456 e. The fraction of sp³-hybridized carbons (Fsp3) is 0.278. The van der Waals surface area contributed by atoms with Crippen LogP contribution in [0.25, 0.3) is 0 Å². The number of hydrogen-bond donors (Lipinski definition) is 0. The number of hydrogen-bond acceptors (Lipinski definition) is 5. The first-order chi connectivity index (χ1) is 11.5. The zero-order chi connectivity index (χ0) is 17.6. The summed E-state index contributed by atoms with van der Waals surface area (Å²) in [6.07, 6.45) is -0.795. The van der Waals surface area contributed by atoms with Gasteiger partial charge in [-0.25, -0.2) is 0 Å². The standard InChI is InChI=1S/C18H21O5P/c1-14(19)23-17(15-10-6-4-7-11-15)18(24(20,21-2)22-3)16-12-8-5-9-13-16/h4-13,17-18H,1-3H3. The van der Waals surface area contributed by atoms with Crippen LogP contribution in [0, 0.1) is 0 Å². The third kappa shape index (κ3) is 4.12. The molecule has 0 heterocycles. The zero-order valence-electron chi connectivity index (χ0n) is 13.9. The highest BCUT2D eigenvalue weighted by Gasteiger charge is 2.43. The molecule has 0 saturated heterocycles. The van der Waals surface area contributed by atoms with Crippen molar-refractivity contribution < 1.29 is 23.1 Å². The maximum Gasteiger partial charge on any atom is 0.341 e. The molecule has 5 nitrogen and oxygen atoms in total. The van der Waals surface area contributed by atoms with Crippen LogP contribution < -0.4 is 0 Å². The Kier molecular flexibility index (Phi) is 6.32. The summed E-state index contributed by atoms with van der Waals surface area (Å²) in [4.78, 5) is 11.7. The Morgan fingerprint density at radius 1 is 0.875 bits per heavy atom. The molecule has 0 spiro atoms. The molecule has 2 aromatic carbocycles. The summed E-state index contributed by atoms with van der Waals surface area (Å²) < 4.78 is 29.2. The van der Waals surface area contributed by atoms with Crippen molar-refractivity contribution >= 4 is 13.6 Å². The summed E-state index contributed by atoms with van der Waals surface area (Å²) in [5.41, 5.74) is 0.649. The molecule has 24 heavy (non-hydrogen) atoms. The fourth-order valence-electron chi connectivity index (χ4n) is 2.61. The van der Waals surface area contributed by atoms with Gasteiger partial charge in [-0.15, -0.1) is 0 Å². The van der Waals surface area contributed by atoms with E-state index in [-0.39, 0.29) is 0 Å². The highest BCUT2D eigenvalue weighted by atomic mass is 31.2. The lowest BCUT2D eigenvalue weighted by Crippen LogP contribution is -2.19. The molecular formula is C18H21O5P. The van der Waals surface area contributed by atoms with E-state index in [1.165, 1.54) is 21.1 Å². The number of ether oxygens (including phenoxy) is 1. The molecule has 0 radical (unpaired) electrons. The van der Waals surface area contributed by atoms with Crippen molar-refractivity contribution in [3.05, 3.63) is 71.8 Å². The van der Waals surface area contributed by atoms with Crippen molar-refractivity contribution in [3.8, 4) is 0 Å². The Hall–Kier alpha value is -1.94. The number of carbonyl (C=O) groups excluding carboxylic acids is 1. The predicted molar refractivity (Wildman–Crippen MR) is 91.8 cm³/mol. The maximum atomic E-state index is 13.2. The molecular weight excluding hydrogens is 327 g/mol. The minimum atomic E-state index is -3.57. The van der Waals surface area contributed by atoms with E-state index >= 15 is 0 Å². The Morgan fingerprint density at radius 2 is 1.33 bits per heavy atom. The normalized spacial score (nSPS) is 14.0. The fourth-order valence-corrected chi connectivity index (χ4v) is 4.32. The van der Waals surface area contributed by atoms with Crippen LogP contribution in [0.5, 0.6) is 0 Å². The van der Waals surface area contributed by atoms with E-state index in [0.717, 1.165) is 5.56 Å². The zero-order valence-corrected chi connectivity index (χ0v) is 14.8. The van der Waals surface area contributed by atoms with Crippen molar-refractivity contribution in [2.75, 3.05) is 14.2 Å². The van der Waals surface area contributed by atoms with E-state index in [1.807, 2.05) is 60.7 Å². The predicted octanol–water partition coefficient (Wildman–Crippen LogP) is 4.52. The molecule has 0 aromatic heterocycles. The lowest BCUT2D eigenvalue weighted by Gasteiger charge is -2.31. The first kappa shape index (κ1) is 18.4. The van der Waals surface area contributed by atoms with E-state index in [0.29, 0.717) is 5.56 Å². The van der Waals surface area contributed by atoms with E-state index in [4.69, 9.17) is 13.8 Å². The van der Waals surface area contributed by atoms with Gasteiger partial charge in [-0.3, -0.25) is 9.36 Å². The monoisotopic (exact) mass is 348 g/mol. The Balaban J connectivity index is 2.61. The molecule has 0 fully saturated rings. The van der Waals surface area contributed by atoms with Gasteiger partial charge in [0.15, 0.2) is 0 Å². The number of benzene rings is 2. The van der Waals surface area contributed by atoms with Gasteiger partial charge in [0.05, 0.1) is 0 Å². The van der Waals surface area contributed by atoms with Gasteiger partial charge in [0, 0.05) is 21.1 Å². The van der Waals surface area contributed by atoms with Crippen LogP contribution in [0.1, 0.15) is 29.8 Å². The molecule has 0 saturated carbocycles. The first-order valence-electron chi connectivity index (χ1n) is 7.50. The average molecular weight is 348 g/mol. The molecule has 128 valence electrons. The van der Waals surface area contributed by atoms with Gasteiger partial charge in [0.1, 0.15) is 11.8 Å². The molecule has 0 bridgehead atoms. The van der Waals surface area contributed by atoms with Crippen molar-refractivity contribution in [1.82, 2.24) is 0 Å². The quantitative estimate of drug-likeness (QED) is 0.544. The van der Waals surface area contributed by atoms with Gasteiger partial charge in [-0.1, -0.05) is 60.7 Å². The summed E-state index contributed by atoms with van der Waals surface area (Å²) in [6, 6.07) is 18.3. The van der Waals surface area contributed by atoms with Gasteiger partial charge in [0.25, 0.3) is 0 Å². The van der Waals surface area contributed by atoms with E-state index < -0.39 is 25.3 Å². The SMILES string of the molecule is COP(=O)(OC)C(c1ccccc1)C(OC(C)=O)c1ccccc1. The third-order valence-corrected chi connectivity index (χ3v) is 5.97. The van der Waals surface area contributed by atoms with Gasteiger partial charge >= 0.3 is 13.6 Å². The van der Waals surface area contributed by atoms with Crippen LogP contribution in [-0.2, 0) is 23.1 Å². The van der Waals surface area contributed by atoms with Crippen LogP contribution in [0.15, 0.2) is 60.7 Å². The molecule has 2 atom stereocenters. The Morgan fingerprint density at radius 3 is 1.75 bits per heavy atom.